The van der Waals surface area contributed by atoms with Crippen molar-refractivity contribution in [2.24, 2.45) is 0 Å². The van der Waals surface area contributed by atoms with Gasteiger partial charge in [-0.3, -0.25) is 0 Å². The van der Waals surface area contributed by atoms with Crippen LogP contribution in [0.5, 0.6) is 0 Å². The summed E-state index contributed by atoms with van der Waals surface area (Å²) in [5.41, 5.74) is 7.84. The van der Waals surface area contributed by atoms with Crippen LogP contribution in [0.2, 0.25) is 0 Å². The second-order valence-electron chi connectivity index (χ2n) is 12.1. The van der Waals surface area contributed by atoms with Gasteiger partial charge < -0.3 is 8.98 Å². The number of nitrogens with zero attached hydrogens (tertiary/aromatic N) is 4. The maximum Gasteiger partial charge on any atom is 0.164 e. The molecular weight excluding hydrogens is 589 g/mol. The van der Waals surface area contributed by atoms with Crippen LogP contribution in [0.15, 0.2) is 162 Å². The lowest BCUT2D eigenvalue weighted by Gasteiger charge is -2.12. The van der Waals surface area contributed by atoms with Crippen molar-refractivity contribution in [1.82, 2.24) is 19.5 Å². The maximum atomic E-state index is 6.23. The van der Waals surface area contributed by atoms with Gasteiger partial charge in [0.1, 0.15) is 11.2 Å². The van der Waals surface area contributed by atoms with Crippen molar-refractivity contribution in [2.45, 2.75) is 0 Å². The first-order valence-electron chi connectivity index (χ1n) is 16.0. The zero-order valence-electron chi connectivity index (χ0n) is 25.7. The molecule has 0 aliphatic rings. The highest BCUT2D eigenvalue weighted by Gasteiger charge is 2.18. The number of benzene rings is 7. The Hall–Kier alpha value is -6.59. The Morgan fingerprint density at radius 3 is 1.79 bits per heavy atom. The molecule has 0 radical (unpaired) electrons. The van der Waals surface area contributed by atoms with E-state index in [1.54, 1.807) is 0 Å². The lowest BCUT2D eigenvalue weighted by molar-refractivity contribution is 0.669. The fraction of sp³-hybridized carbons (Fsp3) is 0. The molecule has 0 aliphatic carbocycles. The van der Waals surface area contributed by atoms with Crippen molar-refractivity contribution >= 4 is 54.5 Å². The standard InChI is InChI=1S/C43H26N4O/c1-3-11-28(12-4-1)41-44-42(46-43(45-41)30-22-23-34-33-16-8-10-18-38(33)48-39(34)26-30)29-20-19-27-21-24-35-32-15-7-9-17-37(32)47(40(35)36(27)25-29)31-13-5-2-6-14-31/h1-26H. The SMILES string of the molecule is c1ccc(-c2nc(-c3ccc4c(c3)oc3ccccc34)nc(-c3ccc4ccc5c6ccccc6n(-c6ccccc6)c5c4c3)n2)cc1. The third-order valence-electron chi connectivity index (χ3n) is 9.23. The lowest BCUT2D eigenvalue weighted by atomic mass is 10.0. The number of aromatic nitrogens is 4. The molecule has 0 bridgehead atoms. The van der Waals surface area contributed by atoms with Gasteiger partial charge in [-0.1, -0.05) is 115 Å². The Morgan fingerprint density at radius 2 is 0.979 bits per heavy atom. The number of para-hydroxylation sites is 3. The van der Waals surface area contributed by atoms with Gasteiger partial charge in [-0.05, 0) is 47.9 Å². The van der Waals surface area contributed by atoms with Crippen LogP contribution in [0.25, 0.3) is 94.4 Å². The number of furan rings is 1. The molecule has 0 amide bonds. The van der Waals surface area contributed by atoms with Gasteiger partial charge in [0.05, 0.1) is 11.0 Å². The summed E-state index contributed by atoms with van der Waals surface area (Å²) in [6.07, 6.45) is 0. The molecular formula is C43H26N4O. The molecule has 0 spiro atoms. The summed E-state index contributed by atoms with van der Waals surface area (Å²) in [6, 6.07) is 54.5. The van der Waals surface area contributed by atoms with Crippen molar-refractivity contribution in [2.75, 3.05) is 0 Å². The molecule has 10 aromatic rings. The Bertz CT molecular complexity index is 2830. The quantitative estimate of drug-likeness (QED) is 0.198. The van der Waals surface area contributed by atoms with E-state index in [9.17, 15) is 0 Å². The summed E-state index contributed by atoms with van der Waals surface area (Å²) in [7, 11) is 0. The van der Waals surface area contributed by atoms with Gasteiger partial charge in [0.2, 0.25) is 0 Å². The predicted molar refractivity (Wildman–Crippen MR) is 195 cm³/mol. The van der Waals surface area contributed by atoms with E-state index < -0.39 is 0 Å². The normalized spacial score (nSPS) is 11.8. The number of rotatable bonds is 4. The molecule has 5 nitrogen and oxygen atoms in total. The smallest absolute Gasteiger partial charge is 0.164 e. The van der Waals surface area contributed by atoms with Gasteiger partial charge in [0, 0.05) is 49.3 Å². The second-order valence-corrected chi connectivity index (χ2v) is 12.1. The van der Waals surface area contributed by atoms with Crippen LogP contribution >= 0.6 is 0 Å². The maximum absolute atomic E-state index is 6.23. The molecule has 0 atom stereocenters. The molecule has 0 saturated heterocycles. The highest BCUT2D eigenvalue weighted by atomic mass is 16.3. The minimum atomic E-state index is 0.595. The van der Waals surface area contributed by atoms with E-state index in [0.29, 0.717) is 17.5 Å². The van der Waals surface area contributed by atoms with E-state index in [1.807, 2.05) is 54.6 Å². The molecule has 3 heterocycles. The monoisotopic (exact) mass is 614 g/mol. The second kappa shape index (κ2) is 10.5. The molecule has 224 valence electrons. The van der Waals surface area contributed by atoms with Crippen LogP contribution in [-0.2, 0) is 0 Å². The van der Waals surface area contributed by atoms with Gasteiger partial charge in [0.15, 0.2) is 17.5 Å². The molecule has 0 aliphatic heterocycles. The van der Waals surface area contributed by atoms with Crippen LogP contribution in [0.1, 0.15) is 0 Å². The first-order chi connectivity index (χ1) is 23.8. The van der Waals surface area contributed by atoms with E-state index in [-0.39, 0.29) is 0 Å². The zero-order valence-corrected chi connectivity index (χ0v) is 25.7. The molecule has 5 heteroatoms. The van der Waals surface area contributed by atoms with Crippen molar-refractivity contribution in [3.05, 3.63) is 158 Å². The topological polar surface area (TPSA) is 56.7 Å². The largest absolute Gasteiger partial charge is 0.456 e. The van der Waals surface area contributed by atoms with E-state index in [1.165, 1.54) is 16.3 Å². The summed E-state index contributed by atoms with van der Waals surface area (Å²) in [6.45, 7) is 0. The van der Waals surface area contributed by atoms with Gasteiger partial charge in [-0.2, -0.15) is 0 Å². The van der Waals surface area contributed by atoms with Crippen LogP contribution in [0.4, 0.5) is 0 Å². The third kappa shape index (κ3) is 4.15. The minimum absolute atomic E-state index is 0.595. The van der Waals surface area contributed by atoms with Gasteiger partial charge in [0.25, 0.3) is 0 Å². The van der Waals surface area contributed by atoms with Crippen molar-refractivity contribution in [3.63, 3.8) is 0 Å². The number of hydrogen-bond donors (Lipinski definition) is 0. The summed E-state index contributed by atoms with van der Waals surface area (Å²) in [5.74, 6) is 1.83. The van der Waals surface area contributed by atoms with Gasteiger partial charge in [-0.25, -0.2) is 15.0 Å². The summed E-state index contributed by atoms with van der Waals surface area (Å²) in [5, 5.41) is 6.88. The van der Waals surface area contributed by atoms with Crippen LogP contribution < -0.4 is 0 Å². The average molecular weight is 615 g/mol. The van der Waals surface area contributed by atoms with Crippen molar-refractivity contribution in [1.29, 1.82) is 0 Å². The van der Waals surface area contributed by atoms with Crippen LogP contribution in [0, 0.1) is 0 Å². The summed E-state index contributed by atoms with van der Waals surface area (Å²) < 4.78 is 8.60. The van der Waals surface area contributed by atoms with E-state index in [2.05, 4.69) is 108 Å². The Balaban J connectivity index is 1.22. The number of fused-ring (bicyclic) bond motifs is 8. The van der Waals surface area contributed by atoms with Gasteiger partial charge in [-0.15, -0.1) is 0 Å². The first kappa shape index (κ1) is 26.6. The Morgan fingerprint density at radius 1 is 0.396 bits per heavy atom. The summed E-state index contributed by atoms with van der Waals surface area (Å²) >= 11 is 0. The highest BCUT2D eigenvalue weighted by Crippen LogP contribution is 2.38. The van der Waals surface area contributed by atoms with Crippen molar-refractivity contribution in [3.8, 4) is 39.9 Å². The fourth-order valence-corrected chi connectivity index (χ4v) is 6.98. The molecule has 0 fully saturated rings. The van der Waals surface area contributed by atoms with Gasteiger partial charge >= 0.3 is 0 Å². The molecule has 10 rings (SSSR count). The molecule has 0 unspecified atom stereocenters. The molecule has 0 saturated carbocycles. The van der Waals surface area contributed by atoms with Crippen LogP contribution in [-0.4, -0.2) is 19.5 Å². The Kier molecular flexibility index (Phi) is 5.81. The lowest BCUT2D eigenvalue weighted by Crippen LogP contribution is -2.00. The zero-order chi connectivity index (χ0) is 31.6. The average Bonchev–Trinajstić information content (AvgIpc) is 3.71. The van der Waals surface area contributed by atoms with Crippen molar-refractivity contribution < 1.29 is 4.42 Å². The first-order valence-corrected chi connectivity index (χ1v) is 16.0. The van der Waals surface area contributed by atoms with Crippen LogP contribution in [0.3, 0.4) is 0 Å². The summed E-state index contributed by atoms with van der Waals surface area (Å²) in [4.78, 5) is 15.1. The molecule has 0 N–H and O–H groups in total. The molecule has 3 aromatic heterocycles. The highest BCUT2D eigenvalue weighted by molar-refractivity contribution is 6.19. The Labute approximate surface area is 275 Å². The van der Waals surface area contributed by atoms with E-state index in [4.69, 9.17) is 19.4 Å². The molecule has 48 heavy (non-hydrogen) atoms. The fourth-order valence-electron chi connectivity index (χ4n) is 6.98. The number of hydrogen-bond acceptors (Lipinski definition) is 4. The minimum Gasteiger partial charge on any atom is -0.456 e. The van der Waals surface area contributed by atoms with E-state index in [0.717, 1.165) is 60.6 Å². The van der Waals surface area contributed by atoms with E-state index >= 15 is 0 Å². The molecule has 7 aromatic carbocycles. The third-order valence-corrected chi connectivity index (χ3v) is 9.23. The predicted octanol–water partition coefficient (Wildman–Crippen LogP) is 11.0.